The van der Waals surface area contributed by atoms with E-state index >= 15 is 0 Å². The van der Waals surface area contributed by atoms with E-state index in [0.717, 1.165) is 17.5 Å². The van der Waals surface area contributed by atoms with E-state index in [1.807, 2.05) is 6.92 Å². The summed E-state index contributed by atoms with van der Waals surface area (Å²) in [4.78, 5) is 23.0. The number of anilines is 1. The fourth-order valence-corrected chi connectivity index (χ4v) is 1.87. The summed E-state index contributed by atoms with van der Waals surface area (Å²) in [5.41, 5.74) is 0.610. The number of ether oxygens (including phenoxy) is 1. The minimum Gasteiger partial charge on any atom is -0.463 e. The van der Waals surface area contributed by atoms with Crippen molar-refractivity contribution in [1.82, 2.24) is 9.78 Å². The van der Waals surface area contributed by atoms with Crippen LogP contribution in [0.15, 0.2) is 36.4 Å². The van der Waals surface area contributed by atoms with Gasteiger partial charge in [0.1, 0.15) is 11.6 Å². The number of unbranched alkanes of at least 4 members (excludes halogenated alkanes) is 1. The number of carbonyl (C=O) groups is 2. The molecule has 7 nitrogen and oxygen atoms in total. The van der Waals surface area contributed by atoms with E-state index in [-0.39, 0.29) is 5.82 Å². The van der Waals surface area contributed by atoms with E-state index in [2.05, 4.69) is 10.4 Å². The molecule has 2 N–H and O–H groups in total. The summed E-state index contributed by atoms with van der Waals surface area (Å²) in [5, 5.41) is 15.5. The molecule has 22 heavy (non-hydrogen) atoms. The number of aryl methyl sites for hydroxylation is 1. The Morgan fingerprint density at radius 1 is 1.32 bits per heavy atom. The maximum absolute atomic E-state index is 11.8. The first-order valence-electron chi connectivity index (χ1n) is 6.96. The molecule has 7 heteroatoms. The van der Waals surface area contributed by atoms with Gasteiger partial charge in [0.2, 0.25) is 0 Å². The molecule has 0 aliphatic carbocycles. The third kappa shape index (κ3) is 4.08. The summed E-state index contributed by atoms with van der Waals surface area (Å²) in [6.07, 6.45) is 0.482. The lowest BCUT2D eigenvalue weighted by Gasteiger charge is -2.06. The third-order valence-electron chi connectivity index (χ3n) is 2.91. The molecule has 0 fully saturated rings. The summed E-state index contributed by atoms with van der Waals surface area (Å²) in [6.45, 7) is 2.03. The fraction of sp³-hybridized carbons (Fsp3) is 0.267. The lowest BCUT2D eigenvalue weighted by atomic mass is 10.2. The van der Waals surface area contributed by atoms with Crippen LogP contribution in [0, 0.1) is 0 Å². The number of rotatable bonds is 5. The van der Waals surface area contributed by atoms with Crippen molar-refractivity contribution in [2.75, 3.05) is 5.32 Å². The second-order valence-corrected chi connectivity index (χ2v) is 4.65. The van der Waals surface area contributed by atoms with Gasteiger partial charge >= 0.3 is 12.2 Å². The lowest BCUT2D eigenvalue weighted by molar-refractivity contribution is 0.193. The molecular weight excluding hydrogens is 286 g/mol. The van der Waals surface area contributed by atoms with Crippen molar-refractivity contribution in [3.63, 3.8) is 0 Å². The van der Waals surface area contributed by atoms with E-state index in [1.165, 1.54) is 6.07 Å². The van der Waals surface area contributed by atoms with Crippen LogP contribution in [0.4, 0.5) is 15.4 Å². The number of aromatic nitrogens is 2. The van der Waals surface area contributed by atoms with Crippen molar-refractivity contribution in [3.8, 4) is 5.75 Å². The highest BCUT2D eigenvalue weighted by Gasteiger charge is 2.16. The minimum atomic E-state index is -1.27. The van der Waals surface area contributed by atoms with E-state index in [9.17, 15) is 9.59 Å². The molecule has 2 rings (SSSR count). The topological polar surface area (TPSA) is 93.5 Å². The van der Waals surface area contributed by atoms with Crippen molar-refractivity contribution in [3.05, 3.63) is 42.1 Å². The number of hydrogen-bond acceptors (Lipinski definition) is 4. The SMILES string of the molecule is CCCCc1cc(NC(=O)Oc2ccccc2)n(C(=O)O)n1. The van der Waals surface area contributed by atoms with Crippen LogP contribution in [0.2, 0.25) is 0 Å². The highest BCUT2D eigenvalue weighted by atomic mass is 16.6. The van der Waals surface area contributed by atoms with Crippen LogP contribution < -0.4 is 10.1 Å². The fourth-order valence-electron chi connectivity index (χ4n) is 1.87. The van der Waals surface area contributed by atoms with Crippen LogP contribution in [-0.4, -0.2) is 27.1 Å². The molecule has 0 unspecified atom stereocenters. The Hall–Kier alpha value is -2.83. The molecule has 0 saturated carbocycles. The standard InChI is InChI=1S/C15H17N3O4/c1-2-3-7-11-10-13(18(17-11)15(20)21)16-14(19)22-12-8-5-4-6-9-12/h4-6,8-10H,2-3,7H2,1H3,(H,16,19)(H,20,21). The van der Waals surface area contributed by atoms with Gasteiger partial charge in [0.25, 0.3) is 0 Å². The van der Waals surface area contributed by atoms with Crippen molar-refractivity contribution in [1.29, 1.82) is 0 Å². The Labute approximate surface area is 127 Å². The Balaban J connectivity index is 2.08. The molecule has 1 amide bonds. The van der Waals surface area contributed by atoms with Gasteiger partial charge in [-0.25, -0.2) is 9.59 Å². The molecule has 0 bridgehead atoms. The largest absolute Gasteiger partial charge is 0.463 e. The quantitative estimate of drug-likeness (QED) is 0.883. The molecule has 0 spiro atoms. The molecule has 1 aromatic carbocycles. The summed E-state index contributed by atoms with van der Waals surface area (Å²) in [7, 11) is 0. The van der Waals surface area contributed by atoms with Crippen molar-refractivity contribution in [2.45, 2.75) is 26.2 Å². The van der Waals surface area contributed by atoms with Crippen LogP contribution in [0.1, 0.15) is 25.5 Å². The second kappa shape index (κ2) is 7.26. The van der Waals surface area contributed by atoms with Gasteiger partial charge in [-0.3, -0.25) is 5.32 Å². The zero-order valence-electron chi connectivity index (χ0n) is 12.2. The Morgan fingerprint density at radius 3 is 2.68 bits per heavy atom. The van der Waals surface area contributed by atoms with Gasteiger partial charge in [0, 0.05) is 6.07 Å². The van der Waals surface area contributed by atoms with Crippen molar-refractivity contribution >= 4 is 18.0 Å². The number of carboxylic acid groups (broad SMARTS) is 1. The van der Waals surface area contributed by atoms with Gasteiger partial charge in [-0.1, -0.05) is 31.5 Å². The molecule has 0 atom stereocenters. The Morgan fingerprint density at radius 2 is 2.05 bits per heavy atom. The van der Waals surface area contributed by atoms with Crippen LogP contribution in [-0.2, 0) is 6.42 Å². The van der Waals surface area contributed by atoms with Gasteiger partial charge in [-0.2, -0.15) is 5.10 Å². The van der Waals surface area contributed by atoms with Crippen LogP contribution in [0.5, 0.6) is 5.75 Å². The Kier molecular flexibility index (Phi) is 5.13. The van der Waals surface area contributed by atoms with Crippen LogP contribution >= 0.6 is 0 Å². The van der Waals surface area contributed by atoms with Crippen molar-refractivity contribution < 1.29 is 19.4 Å². The zero-order chi connectivity index (χ0) is 15.9. The number of para-hydroxylation sites is 1. The number of amides is 1. The molecule has 0 aliphatic heterocycles. The third-order valence-corrected chi connectivity index (χ3v) is 2.91. The first kappa shape index (κ1) is 15.6. The number of nitrogens with zero attached hydrogens (tertiary/aromatic N) is 2. The summed E-state index contributed by atoms with van der Waals surface area (Å²) < 4.78 is 5.79. The summed E-state index contributed by atoms with van der Waals surface area (Å²) in [6, 6.07) is 10.0. The monoisotopic (exact) mass is 303 g/mol. The molecule has 1 aromatic heterocycles. The van der Waals surface area contributed by atoms with E-state index < -0.39 is 12.2 Å². The summed E-state index contributed by atoms with van der Waals surface area (Å²) in [5.74, 6) is 0.437. The predicted molar refractivity (Wildman–Crippen MR) is 80.4 cm³/mol. The minimum absolute atomic E-state index is 0.0690. The van der Waals surface area contributed by atoms with Crippen molar-refractivity contribution in [2.24, 2.45) is 0 Å². The van der Waals surface area contributed by atoms with Gasteiger partial charge < -0.3 is 9.84 Å². The molecule has 0 saturated heterocycles. The Bertz CT molecular complexity index is 652. The smallest absolute Gasteiger partial charge is 0.434 e. The van der Waals surface area contributed by atoms with Crippen LogP contribution in [0.25, 0.3) is 0 Å². The highest BCUT2D eigenvalue weighted by Crippen LogP contribution is 2.15. The first-order chi connectivity index (χ1) is 10.6. The highest BCUT2D eigenvalue weighted by molar-refractivity contribution is 5.87. The molecule has 116 valence electrons. The summed E-state index contributed by atoms with van der Waals surface area (Å²) >= 11 is 0. The van der Waals surface area contributed by atoms with E-state index in [0.29, 0.717) is 17.9 Å². The molecule has 0 radical (unpaired) electrons. The molecule has 1 heterocycles. The van der Waals surface area contributed by atoms with E-state index in [4.69, 9.17) is 9.84 Å². The van der Waals surface area contributed by atoms with Gasteiger partial charge in [-0.05, 0) is 25.0 Å². The number of benzene rings is 1. The van der Waals surface area contributed by atoms with Gasteiger partial charge in [-0.15, -0.1) is 4.68 Å². The average molecular weight is 303 g/mol. The normalized spacial score (nSPS) is 10.2. The molecule has 2 aromatic rings. The van der Waals surface area contributed by atoms with Crippen LogP contribution in [0.3, 0.4) is 0 Å². The maximum Gasteiger partial charge on any atom is 0.434 e. The van der Waals surface area contributed by atoms with Gasteiger partial charge in [0.05, 0.1) is 5.69 Å². The van der Waals surface area contributed by atoms with Gasteiger partial charge in [0.15, 0.2) is 0 Å². The average Bonchev–Trinajstić information content (AvgIpc) is 2.89. The number of carbonyl (C=O) groups excluding carboxylic acids is 1. The lowest BCUT2D eigenvalue weighted by Crippen LogP contribution is -2.21. The predicted octanol–water partition coefficient (Wildman–Crippen LogP) is 3.36. The number of nitrogens with one attached hydrogen (secondary N) is 1. The zero-order valence-corrected chi connectivity index (χ0v) is 12.2. The number of hydrogen-bond donors (Lipinski definition) is 2. The second-order valence-electron chi connectivity index (χ2n) is 4.65. The maximum atomic E-state index is 11.8. The molecule has 0 aliphatic rings. The van der Waals surface area contributed by atoms with E-state index in [1.54, 1.807) is 30.3 Å². The first-order valence-corrected chi connectivity index (χ1v) is 6.96. The molecular formula is C15H17N3O4.